The number of ether oxygens (including phenoxy) is 1. The van der Waals surface area contributed by atoms with Crippen LogP contribution in [0.1, 0.15) is 18.2 Å². The number of nitrogens with zero attached hydrogens (tertiary/aromatic N) is 1. The molecule has 3 heteroatoms. The van der Waals surface area contributed by atoms with Crippen LogP contribution in [0.4, 0.5) is 5.69 Å². The summed E-state index contributed by atoms with van der Waals surface area (Å²) in [5.74, 6) is 1.36. The van der Waals surface area contributed by atoms with E-state index in [4.69, 9.17) is 10.5 Å². The number of hydrogen-bond donors (Lipinski definition) is 1. The van der Waals surface area contributed by atoms with Gasteiger partial charge in [0.2, 0.25) is 5.88 Å². The van der Waals surface area contributed by atoms with Crippen molar-refractivity contribution < 1.29 is 4.74 Å². The summed E-state index contributed by atoms with van der Waals surface area (Å²) in [5.41, 5.74) is 8.46. The highest BCUT2D eigenvalue weighted by molar-refractivity contribution is 5.44. The number of aromatic nitrogens is 1. The van der Waals surface area contributed by atoms with E-state index in [0.717, 1.165) is 17.9 Å². The van der Waals surface area contributed by atoms with Crippen LogP contribution in [0.3, 0.4) is 0 Å². The topological polar surface area (TPSA) is 48.1 Å². The number of rotatable bonds is 3. The number of pyridine rings is 1. The summed E-state index contributed by atoms with van der Waals surface area (Å²) in [6.07, 6.45) is 1.03. The second-order valence-electron chi connectivity index (χ2n) is 3.92. The maximum Gasteiger partial charge on any atom is 0.219 e. The molecular formula is C14H16N2O. The van der Waals surface area contributed by atoms with E-state index in [0.29, 0.717) is 11.6 Å². The van der Waals surface area contributed by atoms with Gasteiger partial charge in [0, 0.05) is 6.07 Å². The molecule has 0 fully saturated rings. The third-order valence-corrected chi connectivity index (χ3v) is 2.66. The van der Waals surface area contributed by atoms with Gasteiger partial charge in [-0.25, -0.2) is 4.98 Å². The summed E-state index contributed by atoms with van der Waals surface area (Å²) in [6.45, 7) is 3.99. The van der Waals surface area contributed by atoms with Gasteiger partial charge in [-0.2, -0.15) is 0 Å². The Morgan fingerprint density at radius 1 is 1.12 bits per heavy atom. The van der Waals surface area contributed by atoms with Gasteiger partial charge >= 0.3 is 0 Å². The average Bonchev–Trinajstić information content (AvgIpc) is 2.35. The lowest BCUT2D eigenvalue weighted by atomic mass is 10.2. The van der Waals surface area contributed by atoms with Gasteiger partial charge < -0.3 is 10.5 Å². The minimum absolute atomic E-state index is 0.570. The predicted octanol–water partition coefficient (Wildman–Crippen LogP) is 3.33. The van der Waals surface area contributed by atoms with Gasteiger partial charge in [-0.3, -0.25) is 0 Å². The lowest BCUT2D eigenvalue weighted by Gasteiger charge is -2.07. The summed E-state index contributed by atoms with van der Waals surface area (Å²) in [6, 6.07) is 11.6. The maximum absolute atomic E-state index is 5.70. The molecule has 0 aliphatic carbocycles. The fourth-order valence-corrected chi connectivity index (χ4v) is 1.52. The van der Waals surface area contributed by atoms with Gasteiger partial charge in [-0.05, 0) is 37.1 Å². The molecule has 3 nitrogen and oxygen atoms in total. The first kappa shape index (κ1) is 11.5. The summed E-state index contributed by atoms with van der Waals surface area (Å²) in [4.78, 5) is 4.26. The smallest absolute Gasteiger partial charge is 0.219 e. The molecule has 0 aliphatic heterocycles. The number of aryl methyl sites for hydroxylation is 2. The van der Waals surface area contributed by atoms with E-state index < -0.39 is 0 Å². The van der Waals surface area contributed by atoms with E-state index in [1.807, 2.05) is 19.1 Å². The lowest BCUT2D eigenvalue weighted by Crippen LogP contribution is -1.95. The van der Waals surface area contributed by atoms with E-state index in [2.05, 4.69) is 24.0 Å². The van der Waals surface area contributed by atoms with Gasteiger partial charge in [0.05, 0.1) is 11.4 Å². The highest BCUT2D eigenvalue weighted by Crippen LogP contribution is 2.21. The van der Waals surface area contributed by atoms with Crippen LogP contribution in [0.15, 0.2) is 36.4 Å². The van der Waals surface area contributed by atoms with Gasteiger partial charge in [-0.1, -0.05) is 19.1 Å². The molecular weight excluding hydrogens is 212 g/mol. The first-order valence-electron chi connectivity index (χ1n) is 5.69. The molecule has 0 saturated carbocycles. The van der Waals surface area contributed by atoms with Crippen molar-refractivity contribution in [2.75, 3.05) is 5.73 Å². The summed E-state index contributed by atoms with van der Waals surface area (Å²) in [7, 11) is 0. The van der Waals surface area contributed by atoms with Crippen molar-refractivity contribution in [1.29, 1.82) is 0 Å². The Hall–Kier alpha value is -2.03. The zero-order valence-electron chi connectivity index (χ0n) is 10.1. The minimum atomic E-state index is 0.570. The van der Waals surface area contributed by atoms with Crippen LogP contribution in [0, 0.1) is 6.92 Å². The third-order valence-electron chi connectivity index (χ3n) is 2.66. The van der Waals surface area contributed by atoms with Crippen molar-refractivity contribution >= 4 is 5.69 Å². The van der Waals surface area contributed by atoms with Gasteiger partial charge in [0.1, 0.15) is 5.75 Å². The monoisotopic (exact) mass is 228 g/mol. The van der Waals surface area contributed by atoms with Gasteiger partial charge in [0.25, 0.3) is 0 Å². The molecule has 2 rings (SSSR count). The molecule has 0 radical (unpaired) electrons. The summed E-state index contributed by atoms with van der Waals surface area (Å²) >= 11 is 0. The van der Waals surface area contributed by atoms with E-state index in [9.17, 15) is 0 Å². The molecule has 0 bridgehead atoms. The molecule has 0 amide bonds. The van der Waals surface area contributed by atoms with Crippen LogP contribution in [0.2, 0.25) is 0 Å². The summed E-state index contributed by atoms with van der Waals surface area (Å²) in [5, 5.41) is 0. The SMILES string of the molecule is CCc1ccc(Oc2ccc(N)c(C)n2)cc1. The molecule has 1 heterocycles. The molecule has 0 unspecified atom stereocenters. The van der Waals surface area contributed by atoms with Crippen molar-refractivity contribution in [3.05, 3.63) is 47.7 Å². The molecule has 88 valence electrons. The van der Waals surface area contributed by atoms with E-state index in [1.165, 1.54) is 5.56 Å². The Labute approximate surface area is 101 Å². The number of anilines is 1. The highest BCUT2D eigenvalue weighted by Gasteiger charge is 2.01. The first-order valence-corrected chi connectivity index (χ1v) is 5.69. The number of hydrogen-bond acceptors (Lipinski definition) is 3. The van der Waals surface area contributed by atoms with Gasteiger partial charge in [-0.15, -0.1) is 0 Å². The molecule has 0 saturated heterocycles. The van der Waals surface area contributed by atoms with Crippen molar-refractivity contribution in [1.82, 2.24) is 4.98 Å². The Morgan fingerprint density at radius 3 is 2.41 bits per heavy atom. The van der Waals surface area contributed by atoms with Crippen LogP contribution in [0.5, 0.6) is 11.6 Å². The number of nitrogen functional groups attached to an aromatic ring is 1. The van der Waals surface area contributed by atoms with Crippen LogP contribution in [0.25, 0.3) is 0 Å². The van der Waals surface area contributed by atoms with Crippen LogP contribution < -0.4 is 10.5 Å². The first-order chi connectivity index (χ1) is 8.19. The number of nitrogens with two attached hydrogens (primary N) is 1. The fourth-order valence-electron chi connectivity index (χ4n) is 1.52. The largest absolute Gasteiger partial charge is 0.439 e. The second kappa shape index (κ2) is 4.87. The molecule has 2 N–H and O–H groups in total. The average molecular weight is 228 g/mol. The predicted molar refractivity (Wildman–Crippen MR) is 69.3 cm³/mol. The zero-order chi connectivity index (χ0) is 12.3. The Balaban J connectivity index is 2.16. The van der Waals surface area contributed by atoms with Crippen molar-refractivity contribution in [2.45, 2.75) is 20.3 Å². The normalized spacial score (nSPS) is 10.2. The van der Waals surface area contributed by atoms with E-state index in [-0.39, 0.29) is 0 Å². The molecule has 0 atom stereocenters. The van der Waals surface area contributed by atoms with E-state index >= 15 is 0 Å². The van der Waals surface area contributed by atoms with Crippen molar-refractivity contribution in [2.24, 2.45) is 0 Å². The third kappa shape index (κ3) is 2.75. The quantitative estimate of drug-likeness (QED) is 0.876. The standard InChI is InChI=1S/C14H16N2O/c1-3-11-4-6-12(7-5-11)17-14-9-8-13(15)10(2)16-14/h4-9H,3,15H2,1-2H3. The van der Waals surface area contributed by atoms with Crippen LogP contribution in [-0.4, -0.2) is 4.98 Å². The summed E-state index contributed by atoms with van der Waals surface area (Å²) < 4.78 is 5.65. The molecule has 1 aromatic heterocycles. The Bertz CT molecular complexity index is 506. The molecule has 0 aliphatic rings. The number of benzene rings is 1. The molecule has 17 heavy (non-hydrogen) atoms. The van der Waals surface area contributed by atoms with Crippen LogP contribution in [-0.2, 0) is 6.42 Å². The molecule has 0 spiro atoms. The van der Waals surface area contributed by atoms with Crippen molar-refractivity contribution in [3.63, 3.8) is 0 Å². The lowest BCUT2D eigenvalue weighted by molar-refractivity contribution is 0.462. The minimum Gasteiger partial charge on any atom is -0.439 e. The zero-order valence-corrected chi connectivity index (χ0v) is 10.1. The molecule has 2 aromatic rings. The Morgan fingerprint density at radius 2 is 1.82 bits per heavy atom. The maximum atomic E-state index is 5.70. The van der Waals surface area contributed by atoms with Gasteiger partial charge in [0.15, 0.2) is 0 Å². The van der Waals surface area contributed by atoms with Crippen molar-refractivity contribution in [3.8, 4) is 11.6 Å². The van der Waals surface area contributed by atoms with E-state index in [1.54, 1.807) is 12.1 Å². The highest BCUT2D eigenvalue weighted by atomic mass is 16.5. The fraction of sp³-hybridized carbons (Fsp3) is 0.214. The van der Waals surface area contributed by atoms with Crippen LogP contribution >= 0.6 is 0 Å². The Kier molecular flexibility index (Phi) is 3.28. The molecule has 1 aromatic carbocycles. The second-order valence-corrected chi connectivity index (χ2v) is 3.92.